The smallest absolute Gasteiger partial charge is 0.493 e. The summed E-state index contributed by atoms with van der Waals surface area (Å²) >= 11 is 0. The fourth-order valence-corrected chi connectivity index (χ4v) is 2.40. The largest absolute Gasteiger partial charge is 0.586 e. The Hall–Kier alpha value is -3.36. The van der Waals surface area contributed by atoms with Crippen LogP contribution >= 0.6 is 0 Å². The number of nitrogens with one attached hydrogen (secondary N) is 1. The van der Waals surface area contributed by atoms with Crippen LogP contribution in [-0.4, -0.2) is 31.4 Å². The molecule has 1 aliphatic heterocycles. The van der Waals surface area contributed by atoms with Crippen LogP contribution < -0.4 is 19.5 Å². The number of amides is 1. The second-order valence-electron chi connectivity index (χ2n) is 5.90. The molecule has 7 nitrogen and oxygen atoms in total. The van der Waals surface area contributed by atoms with E-state index in [1.807, 2.05) is 25.1 Å². The Bertz CT molecular complexity index is 886. The molecular weight excluding hydrogens is 376 g/mol. The molecule has 0 aromatic heterocycles. The van der Waals surface area contributed by atoms with E-state index in [9.17, 15) is 18.4 Å². The normalized spacial score (nSPS) is 13.7. The van der Waals surface area contributed by atoms with Gasteiger partial charge in [0, 0.05) is 11.8 Å². The maximum absolute atomic E-state index is 13.0. The second-order valence-corrected chi connectivity index (χ2v) is 5.90. The Balaban J connectivity index is 1.40. The molecule has 1 heterocycles. The number of halogens is 2. The van der Waals surface area contributed by atoms with Crippen molar-refractivity contribution in [2.24, 2.45) is 0 Å². The highest BCUT2D eigenvalue weighted by Gasteiger charge is 2.43. The van der Waals surface area contributed by atoms with E-state index in [0.29, 0.717) is 5.75 Å². The number of carbonyl (C=O) groups excluding carboxylic acids is 2. The molecule has 1 N–H and O–H groups in total. The monoisotopic (exact) mass is 393 g/mol. The standard InChI is InChI=1S/C19H17F2NO6/c1-12-4-2-3-5-14(12)25-9-8-18(24)26-11-17(23)22-13-6-7-15-16(10-13)28-19(20,21)27-15/h2-7,10H,8-9,11H2,1H3,(H,22,23). The van der Waals surface area contributed by atoms with Gasteiger partial charge in [0.15, 0.2) is 18.1 Å². The number of alkyl halides is 2. The first kappa shape index (κ1) is 19.4. The van der Waals surface area contributed by atoms with Crippen molar-refractivity contribution in [1.82, 2.24) is 0 Å². The third-order valence-electron chi connectivity index (χ3n) is 3.71. The molecule has 1 aliphatic rings. The highest BCUT2D eigenvalue weighted by Crippen LogP contribution is 2.42. The molecule has 3 rings (SSSR count). The van der Waals surface area contributed by atoms with Gasteiger partial charge in [-0.3, -0.25) is 9.59 Å². The number of hydrogen-bond donors (Lipinski definition) is 1. The first-order valence-corrected chi connectivity index (χ1v) is 8.36. The Labute approximate surface area is 159 Å². The molecule has 1 amide bonds. The molecular formula is C19H17F2NO6. The van der Waals surface area contributed by atoms with Gasteiger partial charge < -0.3 is 24.3 Å². The van der Waals surface area contributed by atoms with Gasteiger partial charge in [-0.25, -0.2) is 0 Å². The highest BCUT2D eigenvalue weighted by atomic mass is 19.3. The topological polar surface area (TPSA) is 83.1 Å². The van der Waals surface area contributed by atoms with Gasteiger partial charge in [-0.2, -0.15) is 0 Å². The molecule has 0 aliphatic carbocycles. The summed E-state index contributed by atoms with van der Waals surface area (Å²) in [6.07, 6.45) is -3.76. The Morgan fingerprint density at radius 1 is 1.11 bits per heavy atom. The van der Waals surface area contributed by atoms with Crippen molar-refractivity contribution in [3.8, 4) is 17.2 Å². The summed E-state index contributed by atoms with van der Waals surface area (Å²) in [6, 6.07) is 11.2. The minimum Gasteiger partial charge on any atom is -0.493 e. The summed E-state index contributed by atoms with van der Waals surface area (Å²) in [5.74, 6) is -0.898. The van der Waals surface area contributed by atoms with Crippen LogP contribution in [0.2, 0.25) is 0 Å². The first-order valence-electron chi connectivity index (χ1n) is 8.36. The molecule has 0 spiro atoms. The summed E-state index contributed by atoms with van der Waals surface area (Å²) in [7, 11) is 0. The van der Waals surface area contributed by atoms with Gasteiger partial charge in [-0.1, -0.05) is 18.2 Å². The van der Waals surface area contributed by atoms with Crippen molar-refractivity contribution in [3.05, 3.63) is 48.0 Å². The van der Waals surface area contributed by atoms with Gasteiger partial charge >= 0.3 is 12.3 Å². The molecule has 0 unspecified atom stereocenters. The third-order valence-corrected chi connectivity index (χ3v) is 3.71. The van der Waals surface area contributed by atoms with Crippen LogP contribution in [0.1, 0.15) is 12.0 Å². The second kappa shape index (κ2) is 8.12. The molecule has 0 fully saturated rings. The molecule has 148 valence electrons. The van der Waals surface area contributed by atoms with Crippen LogP contribution in [0.3, 0.4) is 0 Å². The summed E-state index contributed by atoms with van der Waals surface area (Å²) in [5, 5.41) is 2.42. The van der Waals surface area contributed by atoms with E-state index in [1.165, 1.54) is 18.2 Å². The van der Waals surface area contributed by atoms with Gasteiger partial charge in [0.25, 0.3) is 5.91 Å². The number of benzene rings is 2. The lowest BCUT2D eigenvalue weighted by Gasteiger charge is -2.09. The van der Waals surface area contributed by atoms with Crippen LogP contribution in [0.25, 0.3) is 0 Å². The number of rotatable bonds is 7. The van der Waals surface area contributed by atoms with Crippen LogP contribution in [0.4, 0.5) is 14.5 Å². The summed E-state index contributed by atoms with van der Waals surface area (Å²) in [5.41, 5.74) is 1.14. The quantitative estimate of drug-likeness (QED) is 0.727. The van der Waals surface area contributed by atoms with Gasteiger partial charge in [0.05, 0.1) is 13.0 Å². The van der Waals surface area contributed by atoms with Crippen LogP contribution in [0.5, 0.6) is 17.2 Å². The number of hydrogen-bond acceptors (Lipinski definition) is 6. The van der Waals surface area contributed by atoms with E-state index in [4.69, 9.17) is 9.47 Å². The molecule has 2 aromatic rings. The summed E-state index contributed by atoms with van der Waals surface area (Å²) < 4.78 is 44.8. The van der Waals surface area contributed by atoms with E-state index >= 15 is 0 Å². The minimum atomic E-state index is -3.74. The summed E-state index contributed by atoms with van der Waals surface area (Å²) in [4.78, 5) is 23.5. The Kier molecular flexibility index (Phi) is 5.62. The molecule has 0 radical (unpaired) electrons. The molecule has 9 heteroatoms. The third kappa shape index (κ3) is 5.09. The van der Waals surface area contributed by atoms with E-state index in [1.54, 1.807) is 6.07 Å². The molecule has 0 bridgehead atoms. The van der Waals surface area contributed by atoms with Crippen molar-refractivity contribution in [2.45, 2.75) is 19.6 Å². The number of anilines is 1. The lowest BCUT2D eigenvalue weighted by Crippen LogP contribution is -2.25. The molecule has 0 atom stereocenters. The van der Waals surface area contributed by atoms with Gasteiger partial charge in [0.2, 0.25) is 0 Å². The SMILES string of the molecule is Cc1ccccc1OCCC(=O)OCC(=O)Nc1ccc2c(c1)OC(F)(F)O2. The van der Waals surface area contributed by atoms with Crippen molar-refractivity contribution < 1.29 is 37.3 Å². The van der Waals surface area contributed by atoms with Crippen LogP contribution in [-0.2, 0) is 14.3 Å². The molecule has 28 heavy (non-hydrogen) atoms. The van der Waals surface area contributed by atoms with Crippen molar-refractivity contribution >= 4 is 17.6 Å². The predicted octanol–water partition coefficient (Wildman–Crippen LogP) is 3.27. The maximum Gasteiger partial charge on any atom is 0.586 e. The zero-order valence-electron chi connectivity index (χ0n) is 14.9. The number of ether oxygens (including phenoxy) is 4. The van der Waals surface area contributed by atoms with E-state index in [0.717, 1.165) is 5.56 Å². The Morgan fingerprint density at radius 2 is 1.86 bits per heavy atom. The molecule has 0 saturated carbocycles. The lowest BCUT2D eigenvalue weighted by atomic mass is 10.2. The van der Waals surface area contributed by atoms with Crippen molar-refractivity contribution in [1.29, 1.82) is 0 Å². The number of esters is 1. The average molecular weight is 393 g/mol. The number of para-hydroxylation sites is 1. The lowest BCUT2D eigenvalue weighted by molar-refractivity contribution is -0.286. The molecule has 2 aromatic carbocycles. The minimum absolute atomic E-state index is 0.0271. The number of carbonyl (C=O) groups is 2. The van der Waals surface area contributed by atoms with Crippen molar-refractivity contribution in [2.75, 3.05) is 18.5 Å². The fourth-order valence-electron chi connectivity index (χ4n) is 2.40. The molecule has 0 saturated heterocycles. The van der Waals surface area contributed by atoms with Gasteiger partial charge in [0.1, 0.15) is 5.75 Å². The van der Waals surface area contributed by atoms with Crippen molar-refractivity contribution in [3.63, 3.8) is 0 Å². The predicted molar refractivity (Wildman–Crippen MR) is 93.5 cm³/mol. The van der Waals surface area contributed by atoms with Crippen LogP contribution in [0, 0.1) is 6.92 Å². The maximum atomic E-state index is 13.0. The Morgan fingerprint density at radius 3 is 2.64 bits per heavy atom. The van der Waals surface area contributed by atoms with Gasteiger partial charge in [-0.05, 0) is 30.7 Å². The number of aryl methyl sites for hydroxylation is 1. The fraction of sp³-hybridized carbons (Fsp3) is 0.263. The highest BCUT2D eigenvalue weighted by molar-refractivity contribution is 5.93. The van der Waals surface area contributed by atoms with E-state index in [2.05, 4.69) is 14.8 Å². The average Bonchev–Trinajstić information content (AvgIpc) is 2.94. The zero-order valence-corrected chi connectivity index (χ0v) is 14.9. The van der Waals surface area contributed by atoms with Gasteiger partial charge in [-0.15, -0.1) is 8.78 Å². The summed E-state index contributed by atoms with van der Waals surface area (Å²) in [6.45, 7) is 1.48. The van der Waals surface area contributed by atoms with Crippen LogP contribution in [0.15, 0.2) is 42.5 Å². The first-order chi connectivity index (χ1) is 13.3. The van der Waals surface area contributed by atoms with E-state index in [-0.39, 0.29) is 30.2 Å². The number of fused-ring (bicyclic) bond motifs is 1. The van der Waals surface area contributed by atoms with E-state index < -0.39 is 24.8 Å². The zero-order chi connectivity index (χ0) is 20.1.